The van der Waals surface area contributed by atoms with Gasteiger partial charge >= 0.3 is 5.97 Å². The van der Waals surface area contributed by atoms with E-state index >= 15 is 0 Å². The van der Waals surface area contributed by atoms with Gasteiger partial charge in [-0.1, -0.05) is 19.9 Å². The summed E-state index contributed by atoms with van der Waals surface area (Å²) < 4.78 is 0. The Balaban J connectivity index is 3.88. The van der Waals surface area contributed by atoms with Crippen LogP contribution in [0.25, 0.3) is 0 Å². The van der Waals surface area contributed by atoms with E-state index in [1.54, 1.807) is 0 Å². The number of carboxylic acids is 1. The van der Waals surface area contributed by atoms with Crippen molar-refractivity contribution in [3.8, 4) is 0 Å². The smallest absolute Gasteiger partial charge is 0.331 e. The van der Waals surface area contributed by atoms with Crippen LogP contribution in [-0.4, -0.2) is 34.7 Å². The molecule has 5 nitrogen and oxygen atoms in total. The number of nitrogens with one attached hydrogen (secondary N) is 1. The van der Waals surface area contributed by atoms with Gasteiger partial charge in [-0.2, -0.15) is 0 Å². The molecule has 0 aromatic heterocycles. The Morgan fingerprint density at radius 2 is 2.07 bits per heavy atom. The molecule has 0 aliphatic heterocycles. The molecule has 0 bridgehead atoms. The summed E-state index contributed by atoms with van der Waals surface area (Å²) in [4.78, 5) is 21.6. The predicted octanol–water partition coefficient (Wildman–Crippen LogP) is 0.294. The van der Waals surface area contributed by atoms with Crippen LogP contribution in [0.3, 0.4) is 0 Å². The molecule has 86 valence electrons. The van der Waals surface area contributed by atoms with E-state index in [-0.39, 0.29) is 12.0 Å². The monoisotopic (exact) mass is 215 g/mol. The number of aliphatic hydroxyl groups is 1. The Labute approximate surface area is 88.8 Å². The number of unbranched alkanes of at least 4 members (excludes halogenated alkanes) is 1. The lowest BCUT2D eigenvalue weighted by Crippen LogP contribution is -2.35. The largest absolute Gasteiger partial charge is 0.478 e. The first kappa shape index (κ1) is 13.6. The Hall–Kier alpha value is -1.36. The van der Waals surface area contributed by atoms with E-state index in [1.165, 1.54) is 0 Å². The molecule has 5 heteroatoms. The Morgan fingerprint density at radius 3 is 2.53 bits per heavy atom. The molecule has 0 saturated heterocycles. The molecule has 15 heavy (non-hydrogen) atoms. The minimum atomic E-state index is -1.33. The third-order valence-electron chi connectivity index (χ3n) is 1.87. The minimum absolute atomic E-state index is 0.173. The van der Waals surface area contributed by atoms with E-state index in [0.29, 0.717) is 6.54 Å². The van der Waals surface area contributed by atoms with Crippen molar-refractivity contribution < 1.29 is 19.8 Å². The van der Waals surface area contributed by atoms with Gasteiger partial charge < -0.3 is 15.5 Å². The summed E-state index contributed by atoms with van der Waals surface area (Å²) in [5.41, 5.74) is -0.173. The zero-order valence-electron chi connectivity index (χ0n) is 8.82. The fourth-order valence-electron chi connectivity index (χ4n) is 0.920. The highest BCUT2D eigenvalue weighted by atomic mass is 16.4. The minimum Gasteiger partial charge on any atom is -0.478 e. The van der Waals surface area contributed by atoms with Gasteiger partial charge in [0.1, 0.15) is 6.10 Å². The van der Waals surface area contributed by atoms with Gasteiger partial charge in [0.05, 0.1) is 0 Å². The highest BCUT2D eigenvalue weighted by Crippen LogP contribution is 2.03. The number of carboxylic acid groups (broad SMARTS) is 1. The van der Waals surface area contributed by atoms with Gasteiger partial charge in [-0.3, -0.25) is 4.79 Å². The molecule has 0 aliphatic carbocycles. The number of rotatable bonds is 7. The SMILES string of the molecule is C=C(CC(O)C(=O)NCCCC)C(=O)O. The number of carbonyl (C=O) groups is 2. The van der Waals surface area contributed by atoms with Crippen molar-refractivity contribution in [1.29, 1.82) is 0 Å². The van der Waals surface area contributed by atoms with E-state index < -0.39 is 18.0 Å². The Morgan fingerprint density at radius 1 is 1.47 bits per heavy atom. The number of aliphatic carboxylic acids is 1. The zero-order valence-corrected chi connectivity index (χ0v) is 8.82. The molecule has 3 N–H and O–H groups in total. The lowest BCUT2D eigenvalue weighted by atomic mass is 10.1. The maximum atomic E-state index is 11.2. The Bertz CT molecular complexity index is 250. The third-order valence-corrected chi connectivity index (χ3v) is 1.87. The molecule has 1 unspecified atom stereocenters. The third kappa shape index (κ3) is 5.85. The molecular formula is C10H17NO4. The summed E-state index contributed by atoms with van der Waals surface area (Å²) in [6.45, 7) is 5.71. The topological polar surface area (TPSA) is 86.6 Å². The van der Waals surface area contributed by atoms with E-state index in [2.05, 4.69) is 11.9 Å². The number of hydrogen-bond acceptors (Lipinski definition) is 3. The van der Waals surface area contributed by atoms with Crippen LogP contribution in [0.15, 0.2) is 12.2 Å². The number of aliphatic hydroxyl groups excluding tert-OH is 1. The van der Waals surface area contributed by atoms with Crippen LogP contribution in [0.2, 0.25) is 0 Å². The van der Waals surface area contributed by atoms with Crippen LogP contribution < -0.4 is 5.32 Å². The molecule has 1 amide bonds. The van der Waals surface area contributed by atoms with Gasteiger partial charge in [0, 0.05) is 18.5 Å². The second-order valence-electron chi connectivity index (χ2n) is 3.27. The molecule has 0 aromatic rings. The summed E-state index contributed by atoms with van der Waals surface area (Å²) in [7, 11) is 0. The normalized spacial score (nSPS) is 11.9. The van der Waals surface area contributed by atoms with Crippen LogP contribution in [0.1, 0.15) is 26.2 Å². The summed E-state index contributed by atoms with van der Waals surface area (Å²) in [6.07, 6.45) is 0.203. The fourth-order valence-corrected chi connectivity index (χ4v) is 0.920. The second kappa shape index (κ2) is 7.00. The van der Waals surface area contributed by atoms with Crippen LogP contribution in [0, 0.1) is 0 Å². The first-order chi connectivity index (χ1) is 6.99. The molecule has 1 atom stereocenters. The van der Waals surface area contributed by atoms with E-state index in [0.717, 1.165) is 12.8 Å². The van der Waals surface area contributed by atoms with Crippen molar-refractivity contribution >= 4 is 11.9 Å². The molecule has 0 saturated carbocycles. The predicted molar refractivity (Wildman–Crippen MR) is 55.3 cm³/mol. The first-order valence-corrected chi connectivity index (χ1v) is 4.85. The van der Waals surface area contributed by atoms with E-state index in [9.17, 15) is 14.7 Å². The van der Waals surface area contributed by atoms with Crippen molar-refractivity contribution in [3.63, 3.8) is 0 Å². The number of hydrogen-bond donors (Lipinski definition) is 3. The lowest BCUT2D eigenvalue weighted by molar-refractivity contribution is -0.133. The number of amides is 1. The molecule has 0 rings (SSSR count). The van der Waals surface area contributed by atoms with Crippen LogP contribution in [0.5, 0.6) is 0 Å². The molecule has 0 aliphatic rings. The number of carbonyl (C=O) groups excluding carboxylic acids is 1. The molecule has 0 heterocycles. The van der Waals surface area contributed by atoms with Gasteiger partial charge in [-0.05, 0) is 6.42 Å². The summed E-state index contributed by atoms with van der Waals surface area (Å²) in [5, 5.41) is 20.3. The summed E-state index contributed by atoms with van der Waals surface area (Å²) in [6, 6.07) is 0. The Kier molecular flexibility index (Phi) is 6.37. The molecule has 0 radical (unpaired) electrons. The molecule has 0 spiro atoms. The highest BCUT2D eigenvalue weighted by Gasteiger charge is 2.18. The van der Waals surface area contributed by atoms with Crippen LogP contribution >= 0.6 is 0 Å². The van der Waals surface area contributed by atoms with Gasteiger partial charge in [0.2, 0.25) is 5.91 Å². The van der Waals surface area contributed by atoms with Gasteiger partial charge in [0.25, 0.3) is 0 Å². The first-order valence-electron chi connectivity index (χ1n) is 4.85. The van der Waals surface area contributed by atoms with E-state index in [1.807, 2.05) is 6.92 Å². The van der Waals surface area contributed by atoms with Crippen molar-refractivity contribution in [3.05, 3.63) is 12.2 Å². The van der Waals surface area contributed by atoms with Crippen molar-refractivity contribution in [2.24, 2.45) is 0 Å². The maximum Gasteiger partial charge on any atom is 0.331 e. The van der Waals surface area contributed by atoms with Crippen molar-refractivity contribution in [2.75, 3.05) is 6.54 Å². The summed E-state index contributed by atoms with van der Waals surface area (Å²) in [5.74, 6) is -1.75. The zero-order chi connectivity index (χ0) is 11.8. The average Bonchev–Trinajstić information content (AvgIpc) is 2.17. The van der Waals surface area contributed by atoms with Crippen LogP contribution in [0.4, 0.5) is 0 Å². The lowest BCUT2D eigenvalue weighted by Gasteiger charge is -2.10. The van der Waals surface area contributed by atoms with E-state index in [4.69, 9.17) is 5.11 Å². The van der Waals surface area contributed by atoms with Gasteiger partial charge in [0.15, 0.2) is 0 Å². The summed E-state index contributed by atoms with van der Waals surface area (Å²) >= 11 is 0. The van der Waals surface area contributed by atoms with Crippen molar-refractivity contribution in [2.45, 2.75) is 32.3 Å². The average molecular weight is 215 g/mol. The fraction of sp³-hybridized carbons (Fsp3) is 0.600. The maximum absolute atomic E-state index is 11.2. The van der Waals surface area contributed by atoms with Gasteiger partial charge in [-0.25, -0.2) is 4.79 Å². The quantitative estimate of drug-likeness (QED) is 0.421. The standard InChI is InChI=1S/C10H17NO4/c1-3-4-5-11-9(13)8(12)6-7(2)10(14)15/h8,12H,2-6H2,1H3,(H,11,13)(H,14,15). The van der Waals surface area contributed by atoms with Crippen molar-refractivity contribution in [1.82, 2.24) is 5.32 Å². The molecular weight excluding hydrogens is 198 g/mol. The van der Waals surface area contributed by atoms with Gasteiger partial charge in [-0.15, -0.1) is 0 Å². The molecule has 0 fully saturated rings. The highest BCUT2D eigenvalue weighted by molar-refractivity contribution is 5.88. The van der Waals surface area contributed by atoms with Crippen LogP contribution in [-0.2, 0) is 9.59 Å². The molecule has 0 aromatic carbocycles. The second-order valence-corrected chi connectivity index (χ2v) is 3.27.